The van der Waals surface area contributed by atoms with E-state index in [1.807, 2.05) is 23.5 Å². The molecule has 0 saturated heterocycles. The first-order valence-electron chi connectivity index (χ1n) is 7.90. The molecule has 2 heterocycles. The molecule has 2 aromatic rings. The number of thiophene rings is 1. The highest BCUT2D eigenvalue weighted by Gasteiger charge is 2.19. The topological polar surface area (TPSA) is 30.5 Å². The molecule has 0 aliphatic carbocycles. The van der Waals surface area contributed by atoms with Crippen LogP contribution in [0, 0.1) is 5.92 Å². The number of hydrogen-bond acceptors (Lipinski definition) is 4. The third-order valence-corrected chi connectivity index (χ3v) is 4.84. The second-order valence-electron chi connectivity index (χ2n) is 5.91. The Morgan fingerprint density at radius 1 is 1.14 bits per heavy atom. The highest BCUT2D eigenvalue weighted by atomic mass is 32.1. The van der Waals surface area contributed by atoms with Gasteiger partial charge in [-0.3, -0.25) is 0 Å². The lowest BCUT2D eigenvalue weighted by Crippen LogP contribution is -2.24. The Morgan fingerprint density at radius 3 is 2.77 bits per heavy atom. The minimum absolute atomic E-state index is 0.363. The second-order valence-corrected chi connectivity index (χ2v) is 6.89. The van der Waals surface area contributed by atoms with Crippen LogP contribution in [0.4, 0.5) is 0 Å². The van der Waals surface area contributed by atoms with Gasteiger partial charge in [-0.15, -0.1) is 11.3 Å². The quantitative estimate of drug-likeness (QED) is 0.887. The van der Waals surface area contributed by atoms with Gasteiger partial charge in [-0.2, -0.15) is 0 Å². The van der Waals surface area contributed by atoms with Crippen molar-refractivity contribution in [2.75, 3.05) is 13.2 Å². The van der Waals surface area contributed by atoms with Crippen LogP contribution in [-0.2, 0) is 6.54 Å². The first kappa shape index (κ1) is 15.4. The molecule has 1 N–H and O–H groups in total. The number of hydrogen-bond donors (Lipinski definition) is 1. The molecule has 0 fully saturated rings. The van der Waals surface area contributed by atoms with E-state index in [1.54, 1.807) is 0 Å². The lowest BCUT2D eigenvalue weighted by Gasteiger charge is -2.22. The van der Waals surface area contributed by atoms with Crippen molar-refractivity contribution in [3.05, 3.63) is 46.2 Å². The van der Waals surface area contributed by atoms with Gasteiger partial charge in [-0.1, -0.05) is 32.0 Å². The highest BCUT2D eigenvalue weighted by Crippen LogP contribution is 2.34. The van der Waals surface area contributed by atoms with Gasteiger partial charge in [0, 0.05) is 29.4 Å². The summed E-state index contributed by atoms with van der Waals surface area (Å²) < 4.78 is 11.7. The zero-order chi connectivity index (χ0) is 15.4. The largest absolute Gasteiger partial charge is 0.490 e. The van der Waals surface area contributed by atoms with E-state index in [2.05, 4.69) is 42.7 Å². The summed E-state index contributed by atoms with van der Waals surface area (Å²) in [6.45, 7) is 6.74. The van der Waals surface area contributed by atoms with E-state index in [9.17, 15) is 0 Å². The van der Waals surface area contributed by atoms with Crippen LogP contribution in [0.15, 0.2) is 35.7 Å². The minimum Gasteiger partial charge on any atom is -0.490 e. The lowest BCUT2D eigenvalue weighted by molar-refractivity contribution is 0.295. The Kier molecular flexibility index (Phi) is 5.01. The Bertz CT molecular complexity index is 595. The Morgan fingerprint density at radius 2 is 2.00 bits per heavy atom. The highest BCUT2D eigenvalue weighted by molar-refractivity contribution is 7.10. The van der Waals surface area contributed by atoms with Crippen molar-refractivity contribution in [1.82, 2.24) is 5.32 Å². The molecular weight excluding hydrogens is 294 g/mol. The van der Waals surface area contributed by atoms with E-state index in [0.717, 1.165) is 37.7 Å². The Labute approximate surface area is 136 Å². The number of nitrogens with one attached hydrogen (secondary N) is 1. The van der Waals surface area contributed by atoms with Crippen molar-refractivity contribution >= 4 is 11.3 Å². The summed E-state index contributed by atoms with van der Waals surface area (Å²) in [4.78, 5) is 1.38. The average Bonchev–Trinajstić information content (AvgIpc) is 2.91. The summed E-state index contributed by atoms with van der Waals surface area (Å²) in [5, 5.41) is 5.82. The summed E-state index contributed by atoms with van der Waals surface area (Å²) in [7, 11) is 0. The first-order chi connectivity index (χ1) is 10.8. The molecule has 0 saturated carbocycles. The maximum absolute atomic E-state index is 5.90. The predicted octanol–water partition coefficient (Wildman–Crippen LogP) is 4.40. The molecule has 1 aliphatic rings. The number of ether oxygens (including phenoxy) is 2. The number of fused-ring (bicyclic) bond motifs is 1. The molecule has 0 amide bonds. The summed E-state index contributed by atoms with van der Waals surface area (Å²) in [5.74, 6) is 2.31. The van der Waals surface area contributed by atoms with Gasteiger partial charge in [0.15, 0.2) is 11.5 Å². The SMILES string of the molecule is CC(C)[C@H](NCc1cccc2c1OCCCO2)c1cccs1. The maximum atomic E-state index is 5.90. The van der Waals surface area contributed by atoms with E-state index in [4.69, 9.17) is 9.47 Å². The maximum Gasteiger partial charge on any atom is 0.165 e. The molecule has 4 heteroatoms. The summed E-state index contributed by atoms with van der Waals surface area (Å²) in [5.41, 5.74) is 1.17. The third kappa shape index (κ3) is 3.45. The van der Waals surface area contributed by atoms with Crippen LogP contribution in [0.5, 0.6) is 11.5 Å². The van der Waals surface area contributed by atoms with E-state index >= 15 is 0 Å². The van der Waals surface area contributed by atoms with Crippen LogP contribution in [-0.4, -0.2) is 13.2 Å². The first-order valence-corrected chi connectivity index (χ1v) is 8.78. The van der Waals surface area contributed by atoms with Gasteiger partial charge < -0.3 is 14.8 Å². The normalized spacial score (nSPS) is 15.6. The molecule has 1 aromatic carbocycles. The monoisotopic (exact) mass is 317 g/mol. The molecule has 1 aliphatic heterocycles. The summed E-state index contributed by atoms with van der Waals surface area (Å²) >= 11 is 1.81. The van der Waals surface area contributed by atoms with Crippen LogP contribution in [0.25, 0.3) is 0 Å². The van der Waals surface area contributed by atoms with E-state index in [0.29, 0.717) is 12.0 Å². The zero-order valence-electron chi connectivity index (χ0n) is 13.2. The van der Waals surface area contributed by atoms with Gasteiger partial charge in [-0.25, -0.2) is 0 Å². The van der Waals surface area contributed by atoms with Gasteiger partial charge in [-0.05, 0) is 23.4 Å². The summed E-state index contributed by atoms with van der Waals surface area (Å²) in [6, 6.07) is 10.8. The predicted molar refractivity (Wildman–Crippen MR) is 90.8 cm³/mol. The molecular formula is C18H23NO2S. The molecule has 0 bridgehead atoms. The minimum atomic E-state index is 0.363. The molecule has 0 unspecified atom stereocenters. The van der Waals surface area contributed by atoms with Gasteiger partial charge in [0.2, 0.25) is 0 Å². The van der Waals surface area contributed by atoms with Crippen LogP contribution < -0.4 is 14.8 Å². The van der Waals surface area contributed by atoms with Gasteiger partial charge in [0.1, 0.15) is 0 Å². The standard InChI is InChI=1S/C18H23NO2S/c1-13(2)17(16-8-4-11-22-16)19-12-14-6-3-7-15-18(14)21-10-5-9-20-15/h3-4,6-8,11,13,17,19H,5,9-10,12H2,1-2H3/t17-/m0/s1. The van der Waals surface area contributed by atoms with Crippen molar-refractivity contribution < 1.29 is 9.47 Å². The van der Waals surface area contributed by atoms with Gasteiger partial charge in [0.05, 0.1) is 13.2 Å². The van der Waals surface area contributed by atoms with Crippen molar-refractivity contribution in [2.45, 2.75) is 32.9 Å². The number of rotatable bonds is 5. The molecule has 22 heavy (non-hydrogen) atoms. The van der Waals surface area contributed by atoms with Crippen molar-refractivity contribution in [3.63, 3.8) is 0 Å². The summed E-state index contributed by atoms with van der Waals surface area (Å²) in [6.07, 6.45) is 0.936. The Balaban J connectivity index is 1.76. The van der Waals surface area contributed by atoms with E-state index in [-0.39, 0.29) is 0 Å². The van der Waals surface area contributed by atoms with Crippen molar-refractivity contribution in [2.24, 2.45) is 5.92 Å². The van der Waals surface area contributed by atoms with Crippen LogP contribution in [0.1, 0.15) is 36.8 Å². The smallest absolute Gasteiger partial charge is 0.165 e. The molecule has 1 aromatic heterocycles. The van der Waals surface area contributed by atoms with Crippen LogP contribution >= 0.6 is 11.3 Å². The molecule has 3 nitrogen and oxygen atoms in total. The third-order valence-electron chi connectivity index (χ3n) is 3.88. The van der Waals surface area contributed by atoms with E-state index in [1.165, 1.54) is 10.4 Å². The fraction of sp³-hybridized carbons (Fsp3) is 0.444. The molecule has 118 valence electrons. The lowest BCUT2D eigenvalue weighted by atomic mass is 10.0. The van der Waals surface area contributed by atoms with E-state index < -0.39 is 0 Å². The molecule has 1 atom stereocenters. The zero-order valence-corrected chi connectivity index (χ0v) is 14.0. The fourth-order valence-electron chi connectivity index (χ4n) is 2.75. The number of para-hydroxylation sites is 1. The van der Waals surface area contributed by atoms with Gasteiger partial charge >= 0.3 is 0 Å². The number of benzene rings is 1. The average molecular weight is 317 g/mol. The van der Waals surface area contributed by atoms with Crippen LogP contribution in [0.2, 0.25) is 0 Å². The van der Waals surface area contributed by atoms with Crippen molar-refractivity contribution in [3.8, 4) is 11.5 Å². The second kappa shape index (κ2) is 7.16. The van der Waals surface area contributed by atoms with Crippen molar-refractivity contribution in [1.29, 1.82) is 0 Å². The van der Waals surface area contributed by atoms with Crippen LogP contribution in [0.3, 0.4) is 0 Å². The molecule has 0 radical (unpaired) electrons. The van der Waals surface area contributed by atoms with Gasteiger partial charge in [0.25, 0.3) is 0 Å². The fourth-order valence-corrected chi connectivity index (χ4v) is 3.72. The molecule has 3 rings (SSSR count). The molecule has 0 spiro atoms. The Hall–Kier alpha value is -1.52.